The van der Waals surface area contributed by atoms with Gasteiger partial charge in [0.05, 0.1) is 60.3 Å². The van der Waals surface area contributed by atoms with Crippen LogP contribution < -0.4 is 0 Å². The van der Waals surface area contributed by atoms with Gasteiger partial charge in [0.2, 0.25) is 0 Å². The zero-order valence-electron chi connectivity index (χ0n) is 17.5. The maximum atomic E-state index is 11.3. The number of nitrogens with zero attached hydrogens (tertiary/aromatic N) is 1. The van der Waals surface area contributed by atoms with Gasteiger partial charge in [0.25, 0.3) is 0 Å². The number of rotatable bonds is 21. The fraction of sp³-hybridized carbons (Fsp3) is 1.00. The fourth-order valence-corrected chi connectivity index (χ4v) is 2.38. The number of hydrogen-bond acceptors (Lipinski definition) is 5. The molecule has 0 spiro atoms. The number of hydroxylamine groups is 3. The Morgan fingerprint density at radius 2 is 0.923 bits per heavy atom. The van der Waals surface area contributed by atoms with E-state index < -0.39 is 0 Å². The highest BCUT2D eigenvalue weighted by Crippen LogP contribution is 2.08. The van der Waals surface area contributed by atoms with E-state index in [0.29, 0.717) is 52.8 Å². The van der Waals surface area contributed by atoms with Crippen LogP contribution in [0.2, 0.25) is 0 Å². The highest BCUT2D eigenvalue weighted by molar-refractivity contribution is 4.46. The molecule has 0 radical (unpaired) electrons. The van der Waals surface area contributed by atoms with Crippen molar-refractivity contribution in [2.24, 2.45) is 0 Å². The van der Waals surface area contributed by atoms with Crippen molar-refractivity contribution in [3.8, 4) is 0 Å². The van der Waals surface area contributed by atoms with Crippen LogP contribution in [0.25, 0.3) is 0 Å². The smallest absolute Gasteiger partial charge is 0.102 e. The second kappa shape index (κ2) is 19.5. The van der Waals surface area contributed by atoms with Crippen molar-refractivity contribution in [3.05, 3.63) is 5.21 Å². The molecule has 26 heavy (non-hydrogen) atoms. The first-order chi connectivity index (χ1) is 12.6. The number of hydrogen-bond donors (Lipinski definition) is 0. The molecule has 0 N–H and O–H groups in total. The first-order valence-corrected chi connectivity index (χ1v) is 10.4. The summed E-state index contributed by atoms with van der Waals surface area (Å²) in [5, 5.41) is 11.3. The topological polar surface area (TPSA) is 60.0 Å². The quantitative estimate of drug-likeness (QED) is 0.173. The molecule has 0 amide bonds. The summed E-state index contributed by atoms with van der Waals surface area (Å²) >= 11 is 0. The van der Waals surface area contributed by atoms with Crippen molar-refractivity contribution in [1.29, 1.82) is 0 Å². The van der Waals surface area contributed by atoms with Crippen LogP contribution in [0.15, 0.2) is 0 Å². The molecular formula is C20H43NO5. The van der Waals surface area contributed by atoms with Gasteiger partial charge in [-0.05, 0) is 6.42 Å². The van der Waals surface area contributed by atoms with Gasteiger partial charge in [-0.1, -0.05) is 51.9 Å². The highest BCUT2D eigenvalue weighted by atomic mass is 16.6. The average Bonchev–Trinajstić information content (AvgIpc) is 2.59. The van der Waals surface area contributed by atoms with Crippen LogP contribution in [0.1, 0.15) is 58.3 Å². The summed E-state index contributed by atoms with van der Waals surface area (Å²) in [5.74, 6) is 0. The maximum Gasteiger partial charge on any atom is 0.102 e. The van der Waals surface area contributed by atoms with E-state index >= 15 is 0 Å². The van der Waals surface area contributed by atoms with Gasteiger partial charge in [-0.2, -0.15) is 0 Å². The van der Waals surface area contributed by atoms with Crippen molar-refractivity contribution in [1.82, 2.24) is 0 Å². The molecule has 0 rings (SSSR count). The van der Waals surface area contributed by atoms with E-state index in [9.17, 15) is 5.21 Å². The van der Waals surface area contributed by atoms with Gasteiger partial charge in [-0.25, -0.2) is 0 Å². The van der Waals surface area contributed by atoms with Crippen LogP contribution in [0.3, 0.4) is 0 Å². The minimum atomic E-state index is -0.324. The number of ether oxygens (including phenoxy) is 4. The number of quaternary nitrogens is 1. The third-order valence-corrected chi connectivity index (χ3v) is 4.03. The molecular weight excluding hydrogens is 334 g/mol. The monoisotopic (exact) mass is 377 g/mol. The van der Waals surface area contributed by atoms with Crippen LogP contribution in [-0.2, 0) is 18.9 Å². The van der Waals surface area contributed by atoms with E-state index in [2.05, 4.69) is 6.92 Å². The van der Waals surface area contributed by atoms with Gasteiger partial charge >= 0.3 is 0 Å². The third-order valence-electron chi connectivity index (χ3n) is 4.03. The Morgan fingerprint density at radius 3 is 1.38 bits per heavy atom. The first kappa shape index (κ1) is 25.8. The van der Waals surface area contributed by atoms with E-state index in [-0.39, 0.29) is 4.65 Å². The molecule has 0 aromatic carbocycles. The SMILES string of the molecule is CCCCCCCCCCOCCOCCOCCOCC[N+](C)(C)[O-]. The molecule has 0 fully saturated rings. The molecule has 0 saturated carbocycles. The molecule has 158 valence electrons. The van der Waals surface area contributed by atoms with E-state index in [4.69, 9.17) is 18.9 Å². The van der Waals surface area contributed by atoms with Gasteiger partial charge in [0.1, 0.15) is 6.54 Å². The Balaban J connectivity index is 3.01. The lowest BCUT2D eigenvalue weighted by molar-refractivity contribution is -0.840. The highest BCUT2D eigenvalue weighted by Gasteiger charge is 2.00. The van der Waals surface area contributed by atoms with Gasteiger partial charge in [-0.3, -0.25) is 0 Å². The summed E-state index contributed by atoms with van der Waals surface area (Å²) in [6.45, 7) is 7.47. The minimum Gasteiger partial charge on any atom is -0.633 e. The van der Waals surface area contributed by atoms with Crippen molar-refractivity contribution < 1.29 is 23.6 Å². The molecule has 6 nitrogen and oxygen atoms in total. The zero-order chi connectivity index (χ0) is 19.3. The average molecular weight is 378 g/mol. The molecule has 0 bridgehead atoms. The van der Waals surface area contributed by atoms with Gasteiger partial charge in [-0.15, -0.1) is 0 Å². The summed E-state index contributed by atoms with van der Waals surface area (Å²) in [6, 6.07) is 0. The van der Waals surface area contributed by atoms with Gasteiger partial charge < -0.3 is 28.8 Å². The summed E-state index contributed by atoms with van der Waals surface area (Å²) in [4.78, 5) is 0. The second-order valence-corrected chi connectivity index (χ2v) is 7.22. The molecule has 0 aromatic heterocycles. The predicted octanol–water partition coefficient (Wildman–Crippen LogP) is 3.77. The molecule has 0 unspecified atom stereocenters. The summed E-state index contributed by atoms with van der Waals surface area (Å²) < 4.78 is 21.4. The van der Waals surface area contributed by atoms with E-state index in [0.717, 1.165) is 13.0 Å². The molecule has 0 aromatic rings. The second-order valence-electron chi connectivity index (χ2n) is 7.22. The molecule has 6 heteroatoms. The number of likely N-dealkylation sites (N-methyl/N-ethyl adjacent to an activating group) is 1. The predicted molar refractivity (Wildman–Crippen MR) is 106 cm³/mol. The van der Waals surface area contributed by atoms with E-state index in [1.807, 2.05) is 0 Å². The summed E-state index contributed by atoms with van der Waals surface area (Å²) in [7, 11) is 3.22. The number of unbranched alkanes of at least 4 members (excludes halogenated alkanes) is 7. The van der Waals surface area contributed by atoms with E-state index in [1.165, 1.54) is 44.9 Å². The first-order valence-electron chi connectivity index (χ1n) is 10.4. The minimum absolute atomic E-state index is 0.324. The van der Waals surface area contributed by atoms with Gasteiger partial charge in [0.15, 0.2) is 0 Å². The Morgan fingerprint density at radius 1 is 0.538 bits per heavy atom. The molecule has 0 aliphatic rings. The zero-order valence-corrected chi connectivity index (χ0v) is 17.5. The van der Waals surface area contributed by atoms with Crippen LogP contribution in [0, 0.1) is 5.21 Å². The van der Waals surface area contributed by atoms with Crippen molar-refractivity contribution in [2.45, 2.75) is 58.3 Å². The Kier molecular flexibility index (Phi) is 19.3. The lowest BCUT2D eigenvalue weighted by Crippen LogP contribution is -2.35. The largest absolute Gasteiger partial charge is 0.633 e. The van der Waals surface area contributed by atoms with E-state index in [1.54, 1.807) is 14.1 Å². The normalized spacial score (nSPS) is 12.0. The molecule has 0 atom stereocenters. The maximum absolute atomic E-state index is 11.3. The van der Waals surface area contributed by atoms with Crippen LogP contribution in [0.4, 0.5) is 0 Å². The Hall–Kier alpha value is -0.240. The fourth-order valence-electron chi connectivity index (χ4n) is 2.38. The third kappa shape index (κ3) is 23.8. The lowest BCUT2D eigenvalue weighted by atomic mass is 10.1. The Bertz CT molecular complexity index is 271. The molecule has 0 aliphatic carbocycles. The lowest BCUT2D eigenvalue weighted by Gasteiger charge is -2.33. The molecule has 0 aliphatic heterocycles. The standard InChI is InChI=1S/C20H43NO5/c1-4-5-6-7-8-9-10-11-13-23-15-17-25-19-20-26-18-16-24-14-12-21(2,3)22/h4-20H2,1-3H3. The summed E-state index contributed by atoms with van der Waals surface area (Å²) in [5.41, 5.74) is 0. The van der Waals surface area contributed by atoms with Crippen molar-refractivity contribution in [3.63, 3.8) is 0 Å². The molecule has 0 saturated heterocycles. The molecule has 0 heterocycles. The van der Waals surface area contributed by atoms with Crippen molar-refractivity contribution >= 4 is 0 Å². The van der Waals surface area contributed by atoms with Crippen molar-refractivity contribution in [2.75, 3.05) is 73.5 Å². The Labute approximate surface area is 161 Å². The van der Waals surface area contributed by atoms with Crippen LogP contribution in [0.5, 0.6) is 0 Å². The summed E-state index contributed by atoms with van der Waals surface area (Å²) in [6.07, 6.45) is 10.6. The van der Waals surface area contributed by atoms with Gasteiger partial charge in [0, 0.05) is 6.61 Å². The van der Waals surface area contributed by atoms with Crippen LogP contribution >= 0.6 is 0 Å². The van der Waals surface area contributed by atoms with Crippen LogP contribution in [-0.4, -0.2) is 78.1 Å².